The van der Waals surface area contributed by atoms with Gasteiger partial charge in [0.15, 0.2) is 10.9 Å². The van der Waals surface area contributed by atoms with Crippen molar-refractivity contribution >= 4 is 23.4 Å². The van der Waals surface area contributed by atoms with E-state index in [0.717, 1.165) is 30.5 Å². The van der Waals surface area contributed by atoms with Crippen molar-refractivity contribution in [3.8, 4) is 0 Å². The Morgan fingerprint density at radius 1 is 1.33 bits per heavy atom. The molecule has 3 heterocycles. The molecule has 1 aliphatic carbocycles. The van der Waals surface area contributed by atoms with E-state index in [1.54, 1.807) is 24.2 Å². The first kappa shape index (κ1) is 18.0. The zero-order chi connectivity index (χ0) is 19.0. The molecule has 2 aromatic heterocycles. The number of nitrogens with one attached hydrogen (secondary N) is 2. The van der Waals surface area contributed by atoms with Crippen LogP contribution >= 0.6 is 11.8 Å². The Balaban J connectivity index is 1.88. The molecule has 0 amide bonds. The molecule has 27 heavy (non-hydrogen) atoms. The van der Waals surface area contributed by atoms with Crippen molar-refractivity contribution in [2.24, 2.45) is 0 Å². The fourth-order valence-electron chi connectivity index (χ4n) is 3.65. The molecule has 2 aliphatic rings. The minimum absolute atomic E-state index is 0.0979. The first-order chi connectivity index (χ1) is 13.1. The number of hydrogen-bond donors (Lipinski definition) is 2. The second-order valence-electron chi connectivity index (χ2n) is 6.98. The smallest absolute Gasteiger partial charge is 0.257 e. The number of Topliss-reactive ketones (excluding diaryl/α,β-unsaturated/α-hetero) is 1. The number of ketones is 1. The molecule has 0 fully saturated rings. The number of rotatable bonds is 4. The monoisotopic (exact) mass is 382 g/mol. The lowest BCUT2D eigenvalue weighted by atomic mass is 9.77. The summed E-state index contributed by atoms with van der Waals surface area (Å²) in [4.78, 5) is 37.5. The van der Waals surface area contributed by atoms with Gasteiger partial charge in [-0.3, -0.25) is 14.6 Å². The van der Waals surface area contributed by atoms with Crippen LogP contribution in [0.15, 0.2) is 45.7 Å². The Morgan fingerprint density at radius 2 is 2.19 bits per heavy atom. The number of carbonyl (C=O) groups excluding carboxylic acids is 1. The Morgan fingerprint density at radius 3 is 2.93 bits per heavy atom. The third-order valence-corrected chi connectivity index (χ3v) is 6.29. The van der Waals surface area contributed by atoms with Crippen LogP contribution in [0.1, 0.15) is 56.6 Å². The number of nitrogens with zero attached hydrogens (tertiary/aromatic N) is 2. The Kier molecular flexibility index (Phi) is 4.86. The van der Waals surface area contributed by atoms with Crippen molar-refractivity contribution in [1.29, 1.82) is 0 Å². The van der Waals surface area contributed by atoms with Gasteiger partial charge in [-0.1, -0.05) is 31.7 Å². The zero-order valence-corrected chi connectivity index (χ0v) is 16.2. The highest BCUT2D eigenvalue weighted by Gasteiger charge is 2.37. The van der Waals surface area contributed by atoms with Crippen LogP contribution in [0.3, 0.4) is 0 Å². The molecule has 7 heteroatoms. The topological polar surface area (TPSA) is 87.7 Å². The van der Waals surface area contributed by atoms with Gasteiger partial charge >= 0.3 is 0 Å². The van der Waals surface area contributed by atoms with E-state index < -0.39 is 5.92 Å². The number of fused-ring (bicyclic) bond motifs is 1. The standard InChI is InChI=1S/C20H22N4O2S/c1-3-11(2)27-20-23-18-17(19(26)24-20)15(12-6-5-9-21-10-12)16-13(22-18)7-4-8-14(16)25/h5-6,9-11,15H,3-4,7-8H2,1-2H3,(H2,22,23,24,26)/t11-,15+/m0/s1. The van der Waals surface area contributed by atoms with Gasteiger partial charge in [0, 0.05) is 41.3 Å². The van der Waals surface area contributed by atoms with E-state index in [2.05, 4.69) is 34.1 Å². The summed E-state index contributed by atoms with van der Waals surface area (Å²) >= 11 is 1.56. The minimum atomic E-state index is -0.420. The molecule has 1 aliphatic heterocycles. The third kappa shape index (κ3) is 3.32. The molecule has 140 valence electrons. The molecule has 0 aromatic carbocycles. The predicted molar refractivity (Wildman–Crippen MR) is 106 cm³/mol. The minimum Gasteiger partial charge on any atom is -0.343 e. The fourth-order valence-corrected chi connectivity index (χ4v) is 4.49. The number of pyridine rings is 1. The fraction of sp³-hybridized carbons (Fsp3) is 0.400. The van der Waals surface area contributed by atoms with Gasteiger partial charge in [0.05, 0.1) is 5.56 Å². The van der Waals surface area contributed by atoms with E-state index in [1.807, 2.05) is 12.1 Å². The maximum Gasteiger partial charge on any atom is 0.257 e. The molecule has 2 N–H and O–H groups in total. The highest BCUT2D eigenvalue weighted by Crippen LogP contribution is 2.43. The van der Waals surface area contributed by atoms with Crippen molar-refractivity contribution in [2.75, 3.05) is 5.32 Å². The predicted octanol–water partition coefficient (Wildman–Crippen LogP) is 3.62. The average Bonchev–Trinajstić information content (AvgIpc) is 2.67. The van der Waals surface area contributed by atoms with Crippen LogP contribution in [0.25, 0.3) is 0 Å². The largest absolute Gasteiger partial charge is 0.343 e. The molecule has 0 spiro atoms. The molecule has 0 bridgehead atoms. The zero-order valence-electron chi connectivity index (χ0n) is 15.4. The Labute approximate surface area is 161 Å². The van der Waals surface area contributed by atoms with Crippen molar-refractivity contribution in [3.05, 3.63) is 57.3 Å². The summed E-state index contributed by atoms with van der Waals surface area (Å²) in [5, 5.41) is 4.26. The first-order valence-corrected chi connectivity index (χ1v) is 10.2. The second kappa shape index (κ2) is 7.31. The van der Waals surface area contributed by atoms with Crippen molar-refractivity contribution < 1.29 is 4.79 Å². The van der Waals surface area contributed by atoms with Crippen LogP contribution in [0, 0.1) is 0 Å². The number of aromatic amines is 1. The van der Waals surface area contributed by atoms with Gasteiger partial charge in [-0.15, -0.1) is 0 Å². The normalized spacial score (nSPS) is 19.9. The van der Waals surface area contributed by atoms with Gasteiger partial charge in [0.1, 0.15) is 5.82 Å². The molecule has 6 nitrogen and oxygen atoms in total. The lowest BCUT2D eigenvalue weighted by Gasteiger charge is -2.32. The van der Waals surface area contributed by atoms with Gasteiger partial charge in [-0.2, -0.15) is 0 Å². The lowest BCUT2D eigenvalue weighted by molar-refractivity contribution is -0.116. The van der Waals surface area contributed by atoms with Crippen LogP contribution in [0.4, 0.5) is 5.82 Å². The maximum atomic E-state index is 13.0. The van der Waals surface area contributed by atoms with Gasteiger partial charge in [0.2, 0.25) is 0 Å². The molecule has 2 aromatic rings. The van der Waals surface area contributed by atoms with Crippen LogP contribution < -0.4 is 10.9 Å². The molecular formula is C20H22N4O2S. The number of aromatic nitrogens is 3. The number of thioether (sulfide) groups is 1. The summed E-state index contributed by atoms with van der Waals surface area (Å²) in [6.07, 6.45) is 6.53. The SMILES string of the molecule is CC[C@H](C)Sc1nc2c(c(=O)[nH]1)[C@H](c1cccnc1)C1=C(CCCC1=O)N2. The van der Waals surface area contributed by atoms with Crippen LogP contribution in [-0.4, -0.2) is 26.0 Å². The third-order valence-electron chi connectivity index (χ3n) is 5.14. The molecule has 4 rings (SSSR count). The quantitative estimate of drug-likeness (QED) is 0.620. The number of hydrogen-bond acceptors (Lipinski definition) is 6. The summed E-state index contributed by atoms with van der Waals surface area (Å²) < 4.78 is 0. The summed E-state index contributed by atoms with van der Waals surface area (Å²) in [6, 6.07) is 3.75. The Hall–Kier alpha value is -2.41. The van der Waals surface area contributed by atoms with E-state index in [1.165, 1.54) is 0 Å². The van der Waals surface area contributed by atoms with Crippen molar-refractivity contribution in [1.82, 2.24) is 15.0 Å². The molecule has 0 unspecified atom stereocenters. The summed E-state index contributed by atoms with van der Waals surface area (Å²) in [5.74, 6) is 0.240. The van der Waals surface area contributed by atoms with E-state index in [0.29, 0.717) is 33.8 Å². The number of carbonyl (C=O) groups is 1. The van der Waals surface area contributed by atoms with Crippen LogP contribution in [0.5, 0.6) is 0 Å². The molecule has 0 saturated carbocycles. The lowest BCUT2D eigenvalue weighted by Crippen LogP contribution is -2.32. The van der Waals surface area contributed by atoms with E-state index >= 15 is 0 Å². The summed E-state index contributed by atoms with van der Waals surface area (Å²) in [7, 11) is 0. The Bertz CT molecular complexity index is 968. The van der Waals surface area contributed by atoms with Gasteiger partial charge in [-0.25, -0.2) is 4.98 Å². The molecule has 0 saturated heterocycles. The molecular weight excluding hydrogens is 360 g/mol. The highest BCUT2D eigenvalue weighted by molar-refractivity contribution is 7.99. The average molecular weight is 382 g/mol. The number of anilines is 1. The van der Waals surface area contributed by atoms with Crippen molar-refractivity contribution in [3.63, 3.8) is 0 Å². The summed E-state index contributed by atoms with van der Waals surface area (Å²) in [6.45, 7) is 4.21. The van der Waals surface area contributed by atoms with Crippen LogP contribution in [-0.2, 0) is 4.79 Å². The molecule has 2 atom stereocenters. The van der Waals surface area contributed by atoms with Crippen LogP contribution in [0.2, 0.25) is 0 Å². The van der Waals surface area contributed by atoms with Gasteiger partial charge < -0.3 is 10.3 Å². The first-order valence-electron chi connectivity index (χ1n) is 9.32. The summed E-state index contributed by atoms with van der Waals surface area (Å²) in [5.41, 5.74) is 2.74. The van der Waals surface area contributed by atoms with E-state index in [9.17, 15) is 9.59 Å². The number of H-pyrrole nitrogens is 1. The molecule has 0 radical (unpaired) electrons. The number of allylic oxidation sites excluding steroid dienone is 2. The van der Waals surface area contributed by atoms with E-state index in [4.69, 9.17) is 0 Å². The van der Waals surface area contributed by atoms with Gasteiger partial charge in [-0.05, 0) is 30.9 Å². The second-order valence-corrected chi connectivity index (χ2v) is 8.41. The highest BCUT2D eigenvalue weighted by atomic mass is 32.2. The van der Waals surface area contributed by atoms with Gasteiger partial charge in [0.25, 0.3) is 5.56 Å². The maximum absolute atomic E-state index is 13.0. The van der Waals surface area contributed by atoms with E-state index in [-0.39, 0.29) is 11.3 Å². The van der Waals surface area contributed by atoms with Crippen molar-refractivity contribution in [2.45, 2.75) is 55.9 Å².